The van der Waals surface area contributed by atoms with Crippen molar-refractivity contribution in [2.24, 2.45) is 0 Å². The predicted molar refractivity (Wildman–Crippen MR) is 66.6 cm³/mol. The first kappa shape index (κ1) is 16.5. The molecule has 0 atom stereocenters. The minimum Gasteiger partial charge on any atom is -0.465 e. The third-order valence-corrected chi connectivity index (χ3v) is 2.48. The molecular weight excluding hydrogens is 290 g/mol. The normalized spacial score (nSPS) is 10.1. The van der Waals surface area contributed by atoms with E-state index < -0.39 is 46.2 Å². The Hall–Kier alpha value is -2.58. The van der Waals surface area contributed by atoms with Gasteiger partial charge in [0.1, 0.15) is 12.4 Å². The molecule has 0 unspecified atom stereocenters. The molecule has 0 spiro atoms. The molecule has 1 aromatic rings. The molecule has 21 heavy (non-hydrogen) atoms. The van der Waals surface area contributed by atoms with E-state index in [2.05, 4.69) is 4.74 Å². The van der Waals surface area contributed by atoms with E-state index >= 15 is 0 Å². The van der Waals surface area contributed by atoms with Crippen LogP contribution in [0.1, 0.15) is 17.3 Å². The van der Waals surface area contributed by atoms with Crippen LogP contribution in [0.25, 0.3) is 0 Å². The van der Waals surface area contributed by atoms with Gasteiger partial charge in [-0.05, 0) is 6.92 Å². The molecule has 0 bridgehead atoms. The number of halogens is 2. The van der Waals surface area contributed by atoms with Gasteiger partial charge in [0, 0.05) is 19.2 Å². The van der Waals surface area contributed by atoms with E-state index in [0.29, 0.717) is 6.07 Å². The monoisotopic (exact) mass is 302 g/mol. The summed E-state index contributed by atoms with van der Waals surface area (Å²) in [7, 11) is 1.19. The van der Waals surface area contributed by atoms with Crippen molar-refractivity contribution in [1.29, 1.82) is 0 Å². The average Bonchev–Trinajstić information content (AvgIpc) is 2.37. The number of nitro groups is 1. The van der Waals surface area contributed by atoms with Gasteiger partial charge in [0.05, 0.1) is 17.1 Å². The highest BCUT2D eigenvalue weighted by Gasteiger charge is 2.25. The van der Waals surface area contributed by atoms with Gasteiger partial charge in [0.2, 0.25) is 5.82 Å². The average molecular weight is 302 g/mol. The number of carbonyl (C=O) groups excluding carboxylic acids is 2. The molecule has 1 amide bonds. The van der Waals surface area contributed by atoms with E-state index in [1.807, 2.05) is 0 Å². The largest absolute Gasteiger partial charge is 0.465 e. The number of amides is 1. The van der Waals surface area contributed by atoms with Gasteiger partial charge < -0.3 is 9.64 Å². The molecule has 1 rings (SSSR count). The first-order valence-corrected chi connectivity index (χ1v) is 5.82. The van der Waals surface area contributed by atoms with Crippen molar-refractivity contribution in [2.45, 2.75) is 6.92 Å². The van der Waals surface area contributed by atoms with Gasteiger partial charge in [0.15, 0.2) is 0 Å². The number of hydrogen-bond acceptors (Lipinski definition) is 5. The highest BCUT2D eigenvalue weighted by molar-refractivity contribution is 5.96. The Labute approximate surface area is 118 Å². The number of ether oxygens (including phenoxy) is 1. The summed E-state index contributed by atoms with van der Waals surface area (Å²) in [4.78, 5) is 33.5. The zero-order valence-electron chi connectivity index (χ0n) is 11.3. The van der Waals surface area contributed by atoms with Gasteiger partial charge in [-0.15, -0.1) is 0 Å². The van der Waals surface area contributed by atoms with Gasteiger partial charge in [-0.2, -0.15) is 4.39 Å². The number of rotatable bonds is 5. The summed E-state index contributed by atoms with van der Waals surface area (Å²) >= 11 is 0. The molecule has 0 radical (unpaired) electrons. The van der Waals surface area contributed by atoms with E-state index in [0.717, 1.165) is 4.90 Å². The lowest BCUT2D eigenvalue weighted by Crippen LogP contribution is -2.33. The highest BCUT2D eigenvalue weighted by Crippen LogP contribution is 2.22. The molecule has 0 N–H and O–H groups in total. The Bertz CT molecular complexity index is 591. The first-order valence-electron chi connectivity index (χ1n) is 5.82. The molecule has 0 saturated heterocycles. The van der Waals surface area contributed by atoms with Crippen molar-refractivity contribution in [3.63, 3.8) is 0 Å². The van der Waals surface area contributed by atoms with Crippen LogP contribution < -0.4 is 0 Å². The van der Waals surface area contributed by atoms with Crippen molar-refractivity contribution in [1.82, 2.24) is 4.90 Å². The second-order valence-electron chi connectivity index (χ2n) is 4.01. The Morgan fingerprint density at radius 2 is 1.95 bits per heavy atom. The number of esters is 1. The molecule has 0 heterocycles. The zero-order chi connectivity index (χ0) is 16.2. The third-order valence-electron chi connectivity index (χ3n) is 2.48. The maximum absolute atomic E-state index is 13.6. The molecule has 1 aromatic carbocycles. The lowest BCUT2D eigenvalue weighted by Gasteiger charge is -2.16. The molecule has 0 aliphatic heterocycles. The van der Waals surface area contributed by atoms with E-state index in [4.69, 9.17) is 0 Å². The highest BCUT2D eigenvalue weighted by atomic mass is 19.1. The smallest absolute Gasteiger partial charge is 0.325 e. The van der Waals surface area contributed by atoms with Crippen molar-refractivity contribution < 1.29 is 28.0 Å². The summed E-state index contributed by atoms with van der Waals surface area (Å²) in [6.45, 7) is 1.22. The summed E-state index contributed by atoms with van der Waals surface area (Å²) in [5, 5.41) is 10.6. The molecule has 114 valence electrons. The van der Waals surface area contributed by atoms with Gasteiger partial charge in [0.25, 0.3) is 5.91 Å². The fourth-order valence-corrected chi connectivity index (χ4v) is 1.52. The van der Waals surface area contributed by atoms with Crippen LogP contribution >= 0.6 is 0 Å². The molecule has 0 saturated carbocycles. The standard InChI is InChI=1S/C12H12F2N2O5/c1-3-21-11(17)6-15(2)12(18)7-4-10(16(19)20)9(14)5-8(7)13/h4-5H,3,6H2,1-2H3. The van der Waals surface area contributed by atoms with Crippen molar-refractivity contribution in [2.75, 3.05) is 20.2 Å². The molecule has 0 aliphatic rings. The Morgan fingerprint density at radius 1 is 1.33 bits per heavy atom. The van der Waals surface area contributed by atoms with E-state index in [1.54, 1.807) is 6.92 Å². The summed E-state index contributed by atoms with van der Waals surface area (Å²) in [5.41, 5.74) is -1.72. The van der Waals surface area contributed by atoms with Gasteiger partial charge in [-0.1, -0.05) is 0 Å². The number of nitrogens with zero attached hydrogens (tertiary/aromatic N) is 2. The summed E-state index contributed by atoms with van der Waals surface area (Å²) in [5.74, 6) is -4.35. The quantitative estimate of drug-likeness (QED) is 0.467. The van der Waals surface area contributed by atoms with Crippen molar-refractivity contribution in [3.05, 3.63) is 39.4 Å². The minimum absolute atomic E-state index is 0.108. The van der Waals surface area contributed by atoms with E-state index in [9.17, 15) is 28.5 Å². The number of carbonyl (C=O) groups is 2. The summed E-state index contributed by atoms with van der Waals surface area (Å²) in [6, 6.07) is 0.748. The first-order chi connectivity index (χ1) is 9.77. The lowest BCUT2D eigenvalue weighted by molar-refractivity contribution is -0.387. The van der Waals surface area contributed by atoms with Crippen molar-refractivity contribution in [3.8, 4) is 0 Å². The maximum Gasteiger partial charge on any atom is 0.325 e. The van der Waals surface area contributed by atoms with Crippen LogP contribution in [-0.2, 0) is 9.53 Å². The van der Waals surface area contributed by atoms with Gasteiger partial charge >= 0.3 is 11.7 Å². The second-order valence-corrected chi connectivity index (χ2v) is 4.01. The van der Waals surface area contributed by atoms with Crippen LogP contribution in [0.4, 0.5) is 14.5 Å². The van der Waals surface area contributed by atoms with Crippen LogP contribution in [0.15, 0.2) is 12.1 Å². The van der Waals surface area contributed by atoms with E-state index in [-0.39, 0.29) is 12.7 Å². The van der Waals surface area contributed by atoms with Crippen LogP contribution in [0, 0.1) is 21.7 Å². The van der Waals surface area contributed by atoms with Crippen LogP contribution in [0.5, 0.6) is 0 Å². The summed E-state index contributed by atoms with van der Waals surface area (Å²) in [6.07, 6.45) is 0. The van der Waals surface area contributed by atoms with E-state index in [1.165, 1.54) is 7.05 Å². The minimum atomic E-state index is -1.39. The lowest BCUT2D eigenvalue weighted by atomic mass is 10.1. The van der Waals surface area contributed by atoms with Gasteiger partial charge in [-0.25, -0.2) is 4.39 Å². The zero-order valence-corrected chi connectivity index (χ0v) is 11.3. The van der Waals surface area contributed by atoms with Crippen LogP contribution in [0.3, 0.4) is 0 Å². The number of nitro benzene ring substituents is 1. The molecule has 9 heteroatoms. The molecule has 0 aromatic heterocycles. The second kappa shape index (κ2) is 6.73. The fraction of sp³-hybridized carbons (Fsp3) is 0.333. The molecule has 0 fully saturated rings. The van der Waals surface area contributed by atoms with Gasteiger partial charge in [-0.3, -0.25) is 19.7 Å². The fourth-order valence-electron chi connectivity index (χ4n) is 1.52. The SMILES string of the molecule is CCOC(=O)CN(C)C(=O)c1cc([N+](=O)[O-])c(F)cc1F. The van der Waals surface area contributed by atoms with Crippen LogP contribution in [-0.4, -0.2) is 41.9 Å². The third kappa shape index (κ3) is 3.94. The summed E-state index contributed by atoms with van der Waals surface area (Å²) < 4.78 is 31.4. The maximum atomic E-state index is 13.6. The molecule has 0 aliphatic carbocycles. The number of hydrogen-bond donors (Lipinski definition) is 0. The number of benzene rings is 1. The predicted octanol–water partition coefficient (Wildman–Crippen LogP) is 1.51. The molecular formula is C12H12F2N2O5. The number of likely N-dealkylation sites (N-methyl/N-ethyl adjacent to an activating group) is 1. The Morgan fingerprint density at radius 3 is 2.48 bits per heavy atom. The molecule has 7 nitrogen and oxygen atoms in total. The van der Waals surface area contributed by atoms with Crippen molar-refractivity contribution >= 4 is 17.6 Å². The van der Waals surface area contributed by atoms with Crippen LogP contribution in [0.2, 0.25) is 0 Å². The topological polar surface area (TPSA) is 89.8 Å². The Kier molecular flexibility index (Phi) is 5.28. The Balaban J connectivity index is 3.04.